The third-order valence-corrected chi connectivity index (χ3v) is 9.16. The number of rotatable bonds is 10. The lowest BCUT2D eigenvalue weighted by Gasteiger charge is -2.40. The van der Waals surface area contributed by atoms with Crippen molar-refractivity contribution in [3.05, 3.63) is 46.4 Å². The van der Waals surface area contributed by atoms with Crippen LogP contribution in [0.5, 0.6) is 17.2 Å². The van der Waals surface area contributed by atoms with E-state index in [2.05, 4.69) is 0 Å². The summed E-state index contributed by atoms with van der Waals surface area (Å²) in [5, 5.41) is 0.227. The van der Waals surface area contributed by atoms with Crippen LogP contribution < -0.4 is 14.2 Å². The van der Waals surface area contributed by atoms with Gasteiger partial charge in [0.2, 0.25) is 15.9 Å². The van der Waals surface area contributed by atoms with Crippen LogP contribution in [0, 0.1) is 5.92 Å². The number of halogens is 2. The number of carbonyl (C=O) groups is 2. The van der Waals surface area contributed by atoms with Crippen molar-refractivity contribution in [2.45, 2.75) is 42.6 Å². The van der Waals surface area contributed by atoms with Crippen LogP contribution in [0.15, 0.2) is 41.3 Å². The summed E-state index contributed by atoms with van der Waals surface area (Å²) >= 11 is 12.2. The Bertz CT molecular complexity index is 1360. The van der Waals surface area contributed by atoms with Crippen LogP contribution in [0.3, 0.4) is 0 Å². The van der Waals surface area contributed by atoms with Crippen molar-refractivity contribution in [1.29, 1.82) is 0 Å². The number of hydrogen-bond acceptors (Lipinski definition) is 7. The Hall–Kier alpha value is -2.53. The molecule has 206 valence electrons. The van der Waals surface area contributed by atoms with E-state index >= 15 is 0 Å². The highest BCUT2D eigenvalue weighted by molar-refractivity contribution is 7.89. The van der Waals surface area contributed by atoms with E-state index < -0.39 is 46.6 Å². The number of hydrogen-bond donors (Lipinski definition) is 0. The minimum atomic E-state index is -4.31. The van der Waals surface area contributed by atoms with Crippen LogP contribution in [0.25, 0.3) is 0 Å². The lowest BCUT2D eigenvalue weighted by Crippen LogP contribution is -2.55. The fourth-order valence-electron chi connectivity index (χ4n) is 5.10. The van der Waals surface area contributed by atoms with Gasteiger partial charge in [0, 0.05) is 36.5 Å². The number of amides is 1. The molecule has 12 heteroatoms. The van der Waals surface area contributed by atoms with Crippen molar-refractivity contribution in [2.24, 2.45) is 5.92 Å². The van der Waals surface area contributed by atoms with Gasteiger partial charge in [-0.05, 0) is 55.5 Å². The molecule has 0 radical (unpaired) electrons. The largest absolute Gasteiger partial charge is 0.493 e. The molecule has 2 aliphatic heterocycles. The van der Waals surface area contributed by atoms with E-state index in [1.807, 2.05) is 0 Å². The smallest absolute Gasteiger partial charge is 0.244 e. The van der Waals surface area contributed by atoms with Gasteiger partial charge in [-0.3, -0.25) is 4.79 Å². The molecule has 9 nitrogen and oxygen atoms in total. The van der Waals surface area contributed by atoms with Gasteiger partial charge in [0.05, 0.1) is 25.7 Å². The van der Waals surface area contributed by atoms with Crippen molar-refractivity contribution < 1.29 is 35.0 Å². The molecule has 0 spiro atoms. The minimum absolute atomic E-state index is 0.0550. The average Bonchev–Trinajstić information content (AvgIpc) is 2.99. The van der Waals surface area contributed by atoms with Crippen LogP contribution in [-0.4, -0.2) is 75.8 Å². The summed E-state index contributed by atoms with van der Waals surface area (Å²) in [4.78, 5) is 27.1. The van der Waals surface area contributed by atoms with Gasteiger partial charge in [0.1, 0.15) is 26.0 Å². The Labute approximate surface area is 235 Å². The van der Waals surface area contributed by atoms with Crippen LogP contribution in [-0.2, 0) is 19.6 Å². The summed E-state index contributed by atoms with van der Waals surface area (Å²) in [5.41, 5.74) is 0. The quantitative estimate of drug-likeness (QED) is 0.387. The Kier molecular flexibility index (Phi) is 8.20. The Morgan fingerprint density at radius 2 is 1.82 bits per heavy atom. The number of fused-ring (bicyclic) bond motifs is 2. The monoisotopic (exact) mass is 586 g/mol. The zero-order chi connectivity index (χ0) is 29.2. The third kappa shape index (κ3) is 5.88. The van der Waals surface area contributed by atoms with Gasteiger partial charge < -0.3 is 23.9 Å². The van der Waals surface area contributed by atoms with E-state index in [-0.39, 0.29) is 41.1 Å². The molecule has 2 saturated heterocycles. The predicted molar refractivity (Wildman–Crippen MR) is 143 cm³/mol. The number of ether oxygens (including phenoxy) is 3. The number of benzene rings is 2. The first-order chi connectivity index (χ1) is 19.0. The van der Waals surface area contributed by atoms with Crippen LogP contribution in [0.4, 0.5) is 0 Å². The van der Waals surface area contributed by atoms with E-state index in [4.69, 9.17) is 40.2 Å². The van der Waals surface area contributed by atoms with E-state index in [1.165, 1.54) is 37.3 Å². The van der Waals surface area contributed by atoms with Crippen LogP contribution in [0.2, 0.25) is 10.0 Å². The van der Waals surface area contributed by atoms with E-state index in [1.54, 1.807) is 18.2 Å². The van der Waals surface area contributed by atoms with Gasteiger partial charge >= 0.3 is 0 Å². The molecular weight excluding hydrogens is 555 g/mol. The summed E-state index contributed by atoms with van der Waals surface area (Å²) in [6.45, 7) is 0.0541. The Morgan fingerprint density at radius 1 is 1.11 bits per heavy atom. The van der Waals surface area contributed by atoms with E-state index in [0.29, 0.717) is 30.1 Å². The third-order valence-electron chi connectivity index (χ3n) is 6.81. The number of piperidine rings is 1. The number of methoxy groups -OCH3 is 2. The fourth-order valence-corrected chi connectivity index (χ4v) is 7.70. The van der Waals surface area contributed by atoms with Crippen molar-refractivity contribution in [1.82, 2.24) is 9.21 Å². The molecule has 1 amide bonds. The van der Waals surface area contributed by atoms with Gasteiger partial charge in [-0.2, -0.15) is 4.31 Å². The molecule has 0 N–H and O–H groups in total. The summed E-state index contributed by atoms with van der Waals surface area (Å²) in [5.74, 6) is 0.0790. The van der Waals surface area contributed by atoms with Gasteiger partial charge in [-0.25, -0.2) is 8.42 Å². The summed E-state index contributed by atoms with van der Waals surface area (Å²) < 4.78 is 61.5. The Balaban J connectivity index is 1.65. The van der Waals surface area contributed by atoms with Gasteiger partial charge in [0.25, 0.3) is 0 Å². The fraction of sp³-hybridized carbons (Fsp3) is 0.462. The molecule has 0 saturated carbocycles. The zero-order valence-electron chi connectivity index (χ0n) is 22.9. The summed E-state index contributed by atoms with van der Waals surface area (Å²) in [6.07, 6.45) is -1.58. The zero-order valence-corrected chi connectivity index (χ0v) is 23.3. The molecule has 0 aliphatic carbocycles. The van der Waals surface area contributed by atoms with Crippen molar-refractivity contribution >= 4 is 45.4 Å². The first-order valence-electron chi connectivity index (χ1n) is 13.1. The molecule has 2 heterocycles. The topological polar surface area (TPSA) is 102 Å². The lowest BCUT2D eigenvalue weighted by atomic mass is 9.89. The lowest BCUT2D eigenvalue weighted by molar-refractivity contribution is -0.135. The molecule has 2 fully saturated rings. The van der Waals surface area contributed by atoms with E-state index in [0.717, 1.165) is 4.31 Å². The van der Waals surface area contributed by atoms with Gasteiger partial charge in [0.15, 0.2) is 11.5 Å². The second kappa shape index (κ2) is 12.1. The van der Waals surface area contributed by atoms with Crippen molar-refractivity contribution in [2.75, 3.05) is 33.9 Å². The maximum absolute atomic E-state index is 14.0. The molecule has 2 aromatic rings. The molecule has 4 atom stereocenters. The molecule has 0 aromatic heterocycles. The second-order valence-corrected chi connectivity index (χ2v) is 11.8. The highest BCUT2D eigenvalue weighted by Crippen LogP contribution is 2.39. The SMILES string of the molecule is [2H]C(=O)C([2H])[C@H]1CN(CCOc2ccc(OC)c(OC)c2)C(=O)[C@@H]2CCC[C@H]1N2S(=O)(=O)c1cc(Cl)cc(Cl)c1. The maximum Gasteiger partial charge on any atom is 0.244 e. The highest BCUT2D eigenvalue weighted by atomic mass is 35.5. The average molecular weight is 588 g/mol. The molecule has 2 bridgehead atoms. The molecule has 1 unspecified atom stereocenters. The second-order valence-electron chi connectivity index (χ2n) is 9.05. The molecule has 2 aromatic carbocycles. The summed E-state index contributed by atoms with van der Waals surface area (Å²) in [6, 6.07) is 7.01. The molecular formula is C26H30Cl2N2O7S. The standard InChI is InChI=1S/C26H30Cl2N2O7S/c1-35-24-7-6-20(15-25(24)36-2)37-11-9-29-16-17(8-10-31)22-4-3-5-23(26(29)32)30(22)38(33,34)21-13-18(27)12-19(28)14-21/h6-7,10,12-15,17,22-23H,3-5,8-9,11,16H2,1-2H3/t17-,22+,23-/m0/s1/i8D,10D/t8?,17-,22+,23-. The van der Waals surface area contributed by atoms with Crippen molar-refractivity contribution in [3.63, 3.8) is 0 Å². The minimum Gasteiger partial charge on any atom is -0.493 e. The predicted octanol–water partition coefficient (Wildman–Crippen LogP) is 4.05. The molecule has 38 heavy (non-hydrogen) atoms. The van der Waals surface area contributed by atoms with Crippen LogP contribution in [0.1, 0.15) is 28.4 Å². The molecule has 4 rings (SSSR count). The van der Waals surface area contributed by atoms with Crippen molar-refractivity contribution in [3.8, 4) is 17.2 Å². The first-order valence-corrected chi connectivity index (χ1v) is 14.2. The van der Waals surface area contributed by atoms with Gasteiger partial charge in [-0.15, -0.1) is 0 Å². The number of carbonyl (C=O) groups excluding carboxylic acids is 2. The normalized spacial score (nSPS) is 23.6. The highest BCUT2D eigenvalue weighted by Gasteiger charge is 2.50. The van der Waals surface area contributed by atoms with E-state index in [9.17, 15) is 18.0 Å². The first kappa shape index (κ1) is 25.7. The van der Waals surface area contributed by atoms with Crippen LogP contribution >= 0.6 is 23.2 Å². The number of aldehydes is 1. The maximum atomic E-state index is 14.0. The molecule has 2 aliphatic rings. The number of nitrogens with zero attached hydrogens (tertiary/aromatic N) is 2. The Morgan fingerprint density at radius 3 is 2.47 bits per heavy atom. The van der Waals surface area contributed by atoms with Gasteiger partial charge in [-0.1, -0.05) is 23.2 Å². The number of sulfonamides is 1. The summed E-state index contributed by atoms with van der Waals surface area (Å²) in [7, 11) is -1.30.